The number of carboxylic acids is 1. The van der Waals surface area contributed by atoms with E-state index in [4.69, 9.17) is 45.2 Å². The van der Waals surface area contributed by atoms with Gasteiger partial charge in [-0.25, -0.2) is 0 Å². The van der Waals surface area contributed by atoms with E-state index in [0.29, 0.717) is 96.6 Å². The van der Waals surface area contributed by atoms with Gasteiger partial charge >= 0.3 is 5.97 Å². The molecule has 0 aromatic heterocycles. The minimum absolute atomic E-state index is 0.0147. The van der Waals surface area contributed by atoms with Gasteiger partial charge in [0.2, 0.25) is 88.6 Å². The monoisotopic (exact) mass is 1780 g/mol. The van der Waals surface area contributed by atoms with Crippen molar-refractivity contribution in [1.82, 2.24) is 79.8 Å². The predicted octanol–water partition coefficient (Wildman–Crippen LogP) is -0.562. The van der Waals surface area contributed by atoms with Crippen LogP contribution in [0.15, 0.2) is 0 Å². The van der Waals surface area contributed by atoms with Gasteiger partial charge in [0.25, 0.3) is 0 Å². The van der Waals surface area contributed by atoms with Crippen LogP contribution in [-0.4, -0.2) is 236 Å². The highest BCUT2D eigenvalue weighted by Crippen LogP contribution is 2.18. The summed E-state index contributed by atoms with van der Waals surface area (Å²) in [7, 11) is 0. The van der Waals surface area contributed by atoms with Gasteiger partial charge in [-0.15, -0.1) is 0 Å². The van der Waals surface area contributed by atoms with Gasteiger partial charge in [0, 0.05) is 0 Å². The zero-order valence-corrected chi connectivity index (χ0v) is 77.8. The predicted molar refractivity (Wildman–Crippen MR) is 481 cm³/mol. The Morgan fingerprint density at radius 2 is 0.368 bits per heavy atom. The van der Waals surface area contributed by atoms with E-state index in [1.165, 1.54) is 13.8 Å². The first kappa shape index (κ1) is 116. The van der Waals surface area contributed by atoms with Crippen LogP contribution >= 0.6 is 0 Å². The number of carbonyl (C=O) groups is 16. The first-order chi connectivity index (χ1) is 58.8. The Morgan fingerprint density at radius 3 is 0.560 bits per heavy atom. The molecule has 0 fully saturated rings. The van der Waals surface area contributed by atoms with Crippen molar-refractivity contribution in [2.45, 2.75) is 362 Å². The van der Waals surface area contributed by atoms with Gasteiger partial charge in [-0.05, 0) is 255 Å². The maximum absolute atomic E-state index is 14.9. The topological polar surface area (TPSA) is 656 Å². The van der Waals surface area contributed by atoms with E-state index >= 15 is 0 Å². The number of hydrogen-bond donors (Lipinski definition) is 23. The number of aliphatic carboxylic acids is 1. The van der Waals surface area contributed by atoms with Crippen molar-refractivity contribution in [3.63, 3.8) is 0 Å². The molecule has 0 aliphatic carbocycles. The lowest BCUT2D eigenvalue weighted by Gasteiger charge is -2.30. The van der Waals surface area contributed by atoms with Crippen LogP contribution < -0.4 is 120 Å². The lowest BCUT2D eigenvalue weighted by atomic mass is 9.98. The summed E-state index contributed by atoms with van der Waals surface area (Å²) in [6, 6.07) is -18.5. The molecule has 15 atom stereocenters. The maximum atomic E-state index is 14.9. The molecule has 125 heavy (non-hydrogen) atoms. The summed E-state index contributed by atoms with van der Waals surface area (Å²) < 4.78 is 0. The van der Waals surface area contributed by atoms with Crippen LogP contribution in [0.3, 0.4) is 0 Å². The Bertz CT molecular complexity index is 3290. The molecule has 0 radical (unpaired) electrons. The maximum Gasteiger partial charge on any atom is 0.322 e. The zero-order valence-electron chi connectivity index (χ0n) is 77.8. The molecular formula is C86H164N22O17. The molecule has 0 aliphatic heterocycles. The molecule has 0 aromatic rings. The molecule has 0 saturated carbocycles. The van der Waals surface area contributed by atoms with Crippen LogP contribution in [0.5, 0.6) is 0 Å². The number of carboxylic acid groups (broad SMARTS) is 1. The minimum atomic E-state index is -1.33. The second-order valence-electron chi connectivity index (χ2n) is 36.0. The van der Waals surface area contributed by atoms with Crippen molar-refractivity contribution in [1.29, 1.82) is 0 Å². The Labute approximate surface area is 742 Å². The quantitative estimate of drug-likeness (QED) is 0.0339. The summed E-state index contributed by atoms with van der Waals surface area (Å²) in [5, 5.41) is 49.8. The average Bonchev–Trinajstić information content (AvgIpc) is 0.859. The van der Waals surface area contributed by atoms with Crippen LogP contribution in [0.1, 0.15) is 271 Å². The fraction of sp³-hybridized carbons (Fsp3) is 0.814. The molecule has 15 amide bonds. The number of hydrogen-bond acceptors (Lipinski definition) is 23. The average molecular weight is 1780 g/mol. The first-order valence-electron chi connectivity index (χ1n) is 45.5. The highest BCUT2D eigenvalue weighted by atomic mass is 16.4. The summed E-state index contributed by atoms with van der Waals surface area (Å²) in [5.74, 6) is -13.6. The second kappa shape index (κ2) is 64.9. The molecule has 0 aromatic carbocycles. The van der Waals surface area contributed by atoms with Gasteiger partial charge < -0.3 is 125 Å². The summed E-state index contributed by atoms with van der Waals surface area (Å²) in [4.78, 5) is 225. The minimum Gasteiger partial charge on any atom is -0.480 e. The third kappa shape index (κ3) is 51.0. The number of carbonyl (C=O) groups excluding carboxylic acids is 15. The highest BCUT2D eigenvalue weighted by Gasteiger charge is 2.39. The molecule has 0 rings (SSSR count). The molecule has 720 valence electrons. The lowest BCUT2D eigenvalue weighted by molar-refractivity contribution is -0.138. The van der Waals surface area contributed by atoms with Crippen molar-refractivity contribution in [3.05, 3.63) is 0 Å². The number of rotatable bonds is 69. The molecule has 0 heterocycles. The molecule has 39 nitrogen and oxygen atoms in total. The van der Waals surface area contributed by atoms with E-state index in [9.17, 15) is 76.7 Å². The van der Waals surface area contributed by atoms with Gasteiger partial charge in [-0.1, -0.05) is 96.9 Å². The summed E-state index contributed by atoms with van der Waals surface area (Å²) in [5.41, 5.74) is 41.3. The largest absolute Gasteiger partial charge is 0.480 e. The number of unbranched alkanes of at least 4 members (excludes halogenated alkanes) is 6. The molecule has 0 unspecified atom stereocenters. The van der Waals surface area contributed by atoms with Gasteiger partial charge in [-0.3, -0.25) is 76.7 Å². The van der Waals surface area contributed by atoms with Crippen LogP contribution in [0.25, 0.3) is 0 Å². The molecule has 39 heteroatoms. The third-order valence-corrected chi connectivity index (χ3v) is 20.5. The standard InChI is InChI=1S/C86H164N22O17/c1-49(2)41-58(93)74(113)97-60(30-18-24-36-88)76(115)98-59(29-17-23-35-87)75(114)96-57(16)73(112)103-66(43-51(5)6)82(121)101-64(34-22-28-40-92)80(119)106-70(47-55(13)14)86(125)107-67(44-52(7)8)83(122)100-61(31-19-25-37-89)77(116)99-62(32-20-26-38-90)78(117)105-69(46-54(11)12)85(124)108-68(45-53(9)10)84(123)102-63(33-21-27-39-91)79(118)104-65(42-50(3)4)81(120)95-56(15)72(111)94-48-71(109)110/h49-70H,17-48,87-93H2,1-16H3,(H,94,111)(H,95,120)(H,96,114)(H,97,113)(H,98,115)(H,99,116)(H,100,122)(H,101,121)(H,102,123)(H,103,112)(H,104,118)(H,105,117)(H,106,119)(H,107,125)(H,108,124)(H,109,110)/t56-,57-,58-,59-,60-,61-,62-,63-,64-,65-,66-,67-,68-,69-,70-/m0/s1. The van der Waals surface area contributed by atoms with Crippen LogP contribution in [0, 0.1) is 41.4 Å². The van der Waals surface area contributed by atoms with Gasteiger partial charge in [0.15, 0.2) is 0 Å². The van der Waals surface area contributed by atoms with Crippen LogP contribution in [0.4, 0.5) is 0 Å². The van der Waals surface area contributed by atoms with Crippen molar-refractivity contribution >= 4 is 94.6 Å². The number of amides is 15. The Hall–Kier alpha value is -8.76. The molecule has 0 bridgehead atoms. The molecule has 0 saturated heterocycles. The summed E-state index contributed by atoms with van der Waals surface area (Å²) in [6.45, 7) is 29.2. The van der Waals surface area contributed by atoms with E-state index in [1.54, 1.807) is 0 Å². The molecule has 0 spiro atoms. The Morgan fingerprint density at radius 1 is 0.208 bits per heavy atom. The number of nitrogens with two attached hydrogens (primary N) is 7. The normalized spacial score (nSPS) is 15.2. The Kier molecular flexibility index (Phi) is 60.3. The van der Waals surface area contributed by atoms with Crippen molar-refractivity contribution in [2.75, 3.05) is 45.8 Å². The number of nitrogens with one attached hydrogen (secondary N) is 15. The van der Waals surface area contributed by atoms with Crippen molar-refractivity contribution < 1.29 is 81.8 Å². The van der Waals surface area contributed by atoms with E-state index in [1.807, 2.05) is 96.9 Å². The summed E-state index contributed by atoms with van der Waals surface area (Å²) in [6.07, 6.45) is 6.25. The van der Waals surface area contributed by atoms with Gasteiger partial charge in [0.05, 0.1) is 6.04 Å². The van der Waals surface area contributed by atoms with Gasteiger partial charge in [0.1, 0.15) is 91.1 Å². The first-order valence-corrected chi connectivity index (χ1v) is 45.5. The van der Waals surface area contributed by atoms with Crippen molar-refractivity contribution in [3.8, 4) is 0 Å². The molecule has 0 aliphatic rings. The van der Waals surface area contributed by atoms with Crippen LogP contribution in [0.2, 0.25) is 0 Å². The smallest absolute Gasteiger partial charge is 0.322 e. The SMILES string of the molecule is CC(C)C[C@H](NC(=O)[C@H](C)NC(=O)[C@H](CCCCN)NC(=O)[C@H](CCCCN)NC(=O)[C@@H](N)CC(C)C)C(=O)N[C@@H](CCCCN)C(=O)N[C@@H](CC(C)C)C(=O)N[C@@H](CC(C)C)C(=O)N[C@@H](CCCCN)C(=O)N[C@@H](CCCCN)C(=O)N[C@@H](CC(C)C)C(=O)N[C@@H](CC(C)C)C(=O)N[C@@H](CCCCN)C(=O)N[C@@H](CC(C)C)C(=O)N[C@@H](C)C(=O)NCC(=O)O. The molecule has 30 N–H and O–H groups in total. The fourth-order valence-electron chi connectivity index (χ4n) is 13.8. The second-order valence-corrected chi connectivity index (χ2v) is 36.0. The summed E-state index contributed by atoms with van der Waals surface area (Å²) >= 11 is 0. The van der Waals surface area contributed by atoms with Gasteiger partial charge in [-0.2, -0.15) is 0 Å². The van der Waals surface area contributed by atoms with E-state index in [0.717, 1.165) is 0 Å². The zero-order chi connectivity index (χ0) is 95.2. The van der Waals surface area contributed by atoms with E-state index in [2.05, 4.69) is 79.8 Å². The van der Waals surface area contributed by atoms with Crippen molar-refractivity contribution in [2.24, 2.45) is 81.6 Å². The third-order valence-electron chi connectivity index (χ3n) is 20.5. The molecular weight excluding hydrogens is 1610 g/mol. The fourth-order valence-corrected chi connectivity index (χ4v) is 13.8. The highest BCUT2D eigenvalue weighted by molar-refractivity contribution is 6.01. The van der Waals surface area contributed by atoms with E-state index < -0.39 is 192 Å². The van der Waals surface area contributed by atoms with E-state index in [-0.39, 0.29) is 145 Å². The van der Waals surface area contributed by atoms with Crippen LogP contribution in [-0.2, 0) is 76.7 Å². The lowest BCUT2D eigenvalue weighted by Crippen LogP contribution is -2.61. The Balaban J connectivity index is 7.28.